The molecule has 0 radical (unpaired) electrons. The summed E-state index contributed by atoms with van der Waals surface area (Å²) in [6.45, 7) is 8.52. The lowest BCUT2D eigenvalue weighted by Crippen LogP contribution is -2.25. The summed E-state index contributed by atoms with van der Waals surface area (Å²) in [6, 6.07) is 0. The van der Waals surface area contributed by atoms with Crippen LogP contribution >= 0.6 is 0 Å². The highest BCUT2D eigenvalue weighted by atomic mass is 16.6. The van der Waals surface area contributed by atoms with Crippen molar-refractivity contribution in [1.29, 1.82) is 0 Å². The van der Waals surface area contributed by atoms with Gasteiger partial charge < -0.3 is 9.94 Å². The van der Waals surface area contributed by atoms with Gasteiger partial charge in [0.15, 0.2) is 6.10 Å². The second kappa shape index (κ2) is 4.93. The normalized spacial score (nSPS) is 15.1. The van der Waals surface area contributed by atoms with Gasteiger partial charge in [0.05, 0.1) is 0 Å². The van der Waals surface area contributed by atoms with Crippen molar-refractivity contribution < 1.29 is 14.4 Å². The van der Waals surface area contributed by atoms with Crippen molar-refractivity contribution in [2.24, 2.45) is 5.11 Å². The van der Waals surface area contributed by atoms with Crippen molar-refractivity contribution in [3.8, 4) is 0 Å². The van der Waals surface area contributed by atoms with Gasteiger partial charge in [-0.25, -0.2) is 0 Å². The second-order valence-electron chi connectivity index (χ2n) is 4.23. The van der Waals surface area contributed by atoms with Gasteiger partial charge >= 0.3 is 5.97 Å². The molecule has 1 unspecified atom stereocenters. The number of nitrogens with zero attached hydrogens (tertiary/aromatic N) is 2. The molecule has 0 amide bonds. The van der Waals surface area contributed by atoms with E-state index in [0.29, 0.717) is 4.86 Å². The summed E-state index contributed by atoms with van der Waals surface area (Å²) in [5.74, 6) is -0.387. The van der Waals surface area contributed by atoms with Crippen LogP contribution in [0.4, 0.5) is 0 Å². The number of hydrogen-bond acceptors (Lipinski definition) is 4. The van der Waals surface area contributed by atoms with Crippen LogP contribution in [0.5, 0.6) is 0 Å². The molecule has 14 heavy (non-hydrogen) atoms. The summed E-state index contributed by atoms with van der Waals surface area (Å²) in [7, 11) is 0. The van der Waals surface area contributed by atoms with Gasteiger partial charge in [0, 0.05) is 6.92 Å². The molecule has 5 nitrogen and oxygen atoms in total. The number of hydrogen-bond donors (Lipinski definition) is 0. The summed E-state index contributed by atoms with van der Waals surface area (Å²) in [6.07, 6.45) is -0.434. The molecular formula is C9H18N2O3. The van der Waals surface area contributed by atoms with Gasteiger partial charge in [-0.05, 0) is 32.8 Å². The van der Waals surface area contributed by atoms with E-state index in [1.165, 1.54) is 6.92 Å². The first kappa shape index (κ1) is 12.9. The van der Waals surface area contributed by atoms with Crippen LogP contribution in [0.3, 0.4) is 0 Å². The first-order valence-corrected chi connectivity index (χ1v) is 4.55. The molecule has 0 rings (SSSR count). The first-order valence-electron chi connectivity index (χ1n) is 4.55. The Labute approximate surface area is 84.3 Å². The molecule has 0 aromatic rings. The number of rotatable bonds is 3. The monoisotopic (exact) mass is 202 g/mol. The van der Waals surface area contributed by atoms with Gasteiger partial charge in [-0.2, -0.15) is 0 Å². The van der Waals surface area contributed by atoms with E-state index in [1.54, 1.807) is 6.92 Å². The number of azo groups is 1. The quantitative estimate of drug-likeness (QED) is 0.303. The Morgan fingerprint density at radius 3 is 2.43 bits per heavy atom. The largest absolute Gasteiger partial charge is 0.600 e. The molecule has 0 N–H and O–H groups in total. The third-order valence-corrected chi connectivity index (χ3v) is 1.19. The van der Waals surface area contributed by atoms with Crippen LogP contribution in [0.25, 0.3) is 0 Å². The molecule has 0 aliphatic carbocycles. The average Bonchev–Trinajstić information content (AvgIpc) is 1.77. The summed E-state index contributed by atoms with van der Waals surface area (Å²) in [4.78, 5) is 11.1. The smallest absolute Gasteiger partial charge is 0.303 e. The number of hydroxylamine groups is 1. The van der Waals surface area contributed by atoms with Crippen molar-refractivity contribution >= 4 is 5.97 Å². The van der Waals surface area contributed by atoms with E-state index >= 15 is 0 Å². The number of ether oxygens (including phenoxy) is 1. The molecule has 0 aliphatic rings. The molecule has 0 aliphatic heterocycles. The Bertz CT molecular complexity index is 231. The fourth-order valence-corrected chi connectivity index (χ4v) is 0.916. The zero-order chi connectivity index (χ0) is 11.4. The van der Waals surface area contributed by atoms with Crippen LogP contribution in [0.15, 0.2) is 5.11 Å². The number of carbonyl (C=O) groups excluding carboxylic acids is 1. The second-order valence-corrected chi connectivity index (χ2v) is 4.23. The molecule has 1 atom stereocenters. The molecule has 0 aromatic heterocycles. The van der Waals surface area contributed by atoms with Crippen molar-refractivity contribution in [3.63, 3.8) is 0 Å². The SMILES string of the molecule is CC(=O)OC(C)C[N+]([O-])=NC(C)(C)C. The summed E-state index contributed by atoms with van der Waals surface area (Å²) in [5.41, 5.74) is -0.405. The van der Waals surface area contributed by atoms with Crippen molar-refractivity contribution in [1.82, 2.24) is 0 Å². The molecule has 0 fully saturated rings. The predicted molar refractivity (Wildman–Crippen MR) is 51.9 cm³/mol. The fourth-order valence-electron chi connectivity index (χ4n) is 0.916. The third-order valence-electron chi connectivity index (χ3n) is 1.19. The average molecular weight is 202 g/mol. The van der Waals surface area contributed by atoms with E-state index in [2.05, 4.69) is 5.11 Å². The Hall–Kier alpha value is -1.13. The standard InChI is InChI=1S/C9H18N2O3/c1-7(14-8(2)12)6-11(13)10-9(3,4)5/h7H,6H2,1-5H3. The van der Waals surface area contributed by atoms with Gasteiger partial charge in [0.2, 0.25) is 6.54 Å². The summed E-state index contributed by atoms with van der Waals surface area (Å²) < 4.78 is 4.79. The van der Waals surface area contributed by atoms with Gasteiger partial charge in [-0.1, -0.05) is 4.86 Å². The minimum absolute atomic E-state index is 0.0663. The van der Waals surface area contributed by atoms with Gasteiger partial charge in [-0.15, -0.1) is 0 Å². The number of esters is 1. The Kier molecular flexibility index (Phi) is 4.53. The Morgan fingerprint density at radius 1 is 1.57 bits per heavy atom. The minimum Gasteiger partial charge on any atom is -0.600 e. The van der Waals surface area contributed by atoms with Crippen LogP contribution in [0, 0.1) is 5.21 Å². The molecule has 5 heteroatoms. The number of carbonyl (C=O) groups is 1. The van der Waals surface area contributed by atoms with Crippen molar-refractivity contribution in [2.45, 2.75) is 46.3 Å². The molecule has 0 aromatic carbocycles. The van der Waals surface area contributed by atoms with E-state index in [-0.39, 0.29) is 12.5 Å². The molecule has 0 saturated heterocycles. The molecule has 0 spiro atoms. The van der Waals surface area contributed by atoms with Crippen LogP contribution in [0.1, 0.15) is 34.6 Å². The zero-order valence-electron chi connectivity index (χ0n) is 9.40. The van der Waals surface area contributed by atoms with Crippen LogP contribution in [0.2, 0.25) is 0 Å². The highest BCUT2D eigenvalue weighted by Gasteiger charge is 2.16. The highest BCUT2D eigenvalue weighted by Crippen LogP contribution is 2.06. The molecule has 0 heterocycles. The van der Waals surface area contributed by atoms with Crippen LogP contribution < -0.4 is 0 Å². The minimum atomic E-state index is -0.434. The fraction of sp³-hybridized carbons (Fsp3) is 0.889. The van der Waals surface area contributed by atoms with E-state index in [0.717, 1.165) is 0 Å². The van der Waals surface area contributed by atoms with Gasteiger partial charge in [0.25, 0.3) is 0 Å². The van der Waals surface area contributed by atoms with Crippen LogP contribution in [-0.4, -0.2) is 29.0 Å². The van der Waals surface area contributed by atoms with E-state index < -0.39 is 11.6 Å². The highest BCUT2D eigenvalue weighted by molar-refractivity contribution is 5.66. The van der Waals surface area contributed by atoms with Crippen LogP contribution in [-0.2, 0) is 9.53 Å². The van der Waals surface area contributed by atoms with Crippen molar-refractivity contribution in [2.75, 3.05) is 6.54 Å². The van der Waals surface area contributed by atoms with Gasteiger partial charge in [0.1, 0.15) is 5.54 Å². The lowest BCUT2D eigenvalue weighted by atomic mass is 10.1. The summed E-state index contributed by atoms with van der Waals surface area (Å²) in [5, 5.41) is 15.1. The zero-order valence-corrected chi connectivity index (χ0v) is 9.40. The maximum absolute atomic E-state index is 11.2. The summed E-state index contributed by atoms with van der Waals surface area (Å²) >= 11 is 0. The maximum atomic E-state index is 11.2. The molecule has 0 saturated carbocycles. The molecule has 82 valence electrons. The first-order chi connectivity index (χ1) is 6.20. The Balaban J connectivity index is 4.12. The maximum Gasteiger partial charge on any atom is 0.303 e. The molecule has 0 bridgehead atoms. The van der Waals surface area contributed by atoms with E-state index in [9.17, 15) is 10.0 Å². The Morgan fingerprint density at radius 2 is 2.07 bits per heavy atom. The predicted octanol–water partition coefficient (Wildman–Crippen LogP) is 1.70. The molecular weight excluding hydrogens is 184 g/mol. The van der Waals surface area contributed by atoms with E-state index in [4.69, 9.17) is 4.74 Å². The van der Waals surface area contributed by atoms with Gasteiger partial charge in [-0.3, -0.25) is 4.79 Å². The van der Waals surface area contributed by atoms with Crippen molar-refractivity contribution in [3.05, 3.63) is 5.21 Å². The lowest BCUT2D eigenvalue weighted by Gasteiger charge is -2.13. The lowest BCUT2D eigenvalue weighted by molar-refractivity contribution is -0.543. The topological polar surface area (TPSA) is 64.7 Å². The van der Waals surface area contributed by atoms with E-state index in [1.807, 2.05) is 20.8 Å². The third kappa shape index (κ3) is 7.52.